The molecule has 0 saturated carbocycles. The summed E-state index contributed by atoms with van der Waals surface area (Å²) >= 11 is 0. The standard InChI is InChI=1S/C17H27BNO3/c1-10-11(2)15(19)21-14-9-12(7-8-13(10)14)18-22-17(5,6)16(3,4)20/h7-11,15,20H,19H2,1-6H3. The molecule has 0 spiro atoms. The van der Waals surface area contributed by atoms with Crippen molar-refractivity contribution in [3.05, 3.63) is 23.8 Å². The predicted molar refractivity (Wildman–Crippen MR) is 89.5 cm³/mol. The van der Waals surface area contributed by atoms with E-state index in [0.29, 0.717) is 5.92 Å². The number of rotatable bonds is 4. The van der Waals surface area contributed by atoms with Crippen LogP contribution in [0.5, 0.6) is 5.75 Å². The molecule has 1 aliphatic heterocycles. The molecule has 0 amide bonds. The lowest BCUT2D eigenvalue weighted by Gasteiger charge is -2.38. The Morgan fingerprint density at radius 2 is 1.86 bits per heavy atom. The van der Waals surface area contributed by atoms with Crippen LogP contribution < -0.4 is 15.9 Å². The van der Waals surface area contributed by atoms with E-state index < -0.39 is 11.2 Å². The fraction of sp³-hybridized carbons (Fsp3) is 0.647. The maximum atomic E-state index is 10.1. The molecular weight excluding hydrogens is 277 g/mol. The van der Waals surface area contributed by atoms with Gasteiger partial charge in [0.15, 0.2) is 6.23 Å². The van der Waals surface area contributed by atoms with Crippen molar-refractivity contribution in [2.45, 2.75) is 64.9 Å². The quantitative estimate of drug-likeness (QED) is 0.834. The summed E-state index contributed by atoms with van der Waals surface area (Å²) in [5.41, 5.74) is 6.47. The minimum absolute atomic E-state index is 0.285. The normalized spacial score (nSPS) is 25.4. The lowest BCUT2D eigenvalue weighted by atomic mass is 9.79. The third-order valence-corrected chi connectivity index (χ3v) is 5.06. The van der Waals surface area contributed by atoms with Crippen molar-refractivity contribution in [3.8, 4) is 5.75 Å². The van der Waals surface area contributed by atoms with Crippen LogP contribution in [0.3, 0.4) is 0 Å². The number of fused-ring (bicyclic) bond motifs is 1. The molecule has 1 heterocycles. The molecular formula is C17H27BNO3. The van der Waals surface area contributed by atoms with Crippen LogP contribution in [0.25, 0.3) is 0 Å². The number of ether oxygens (including phenoxy) is 1. The topological polar surface area (TPSA) is 64.7 Å². The Hall–Kier alpha value is -1.04. The van der Waals surface area contributed by atoms with Gasteiger partial charge in [-0.25, -0.2) is 0 Å². The summed E-state index contributed by atoms with van der Waals surface area (Å²) in [7, 11) is 1.66. The van der Waals surface area contributed by atoms with Gasteiger partial charge in [0.1, 0.15) is 5.75 Å². The van der Waals surface area contributed by atoms with Gasteiger partial charge in [-0.3, -0.25) is 5.73 Å². The zero-order chi connectivity index (χ0) is 16.7. The molecule has 3 unspecified atom stereocenters. The van der Waals surface area contributed by atoms with Crippen LogP contribution in [0.1, 0.15) is 53.0 Å². The summed E-state index contributed by atoms with van der Waals surface area (Å²) in [6.07, 6.45) is -0.286. The van der Waals surface area contributed by atoms with Crippen molar-refractivity contribution in [1.82, 2.24) is 0 Å². The second-order valence-electron chi connectivity index (χ2n) is 7.33. The van der Waals surface area contributed by atoms with E-state index in [-0.39, 0.29) is 12.1 Å². The summed E-state index contributed by atoms with van der Waals surface area (Å²) in [6, 6.07) is 6.01. The molecule has 1 aliphatic rings. The van der Waals surface area contributed by atoms with Crippen molar-refractivity contribution in [1.29, 1.82) is 0 Å². The first-order valence-electron chi connectivity index (χ1n) is 7.82. The van der Waals surface area contributed by atoms with Crippen LogP contribution in [0, 0.1) is 5.92 Å². The summed E-state index contributed by atoms with van der Waals surface area (Å²) in [4.78, 5) is 0. The Bertz CT molecular complexity index is 539. The molecule has 4 nitrogen and oxygen atoms in total. The highest BCUT2D eigenvalue weighted by atomic mass is 16.5. The molecule has 0 saturated heterocycles. The Labute approximate surface area is 134 Å². The molecule has 2 rings (SSSR count). The number of benzene rings is 1. The molecule has 0 fully saturated rings. The van der Waals surface area contributed by atoms with E-state index in [0.717, 1.165) is 11.2 Å². The highest BCUT2D eigenvalue weighted by molar-refractivity contribution is 6.47. The molecule has 121 valence electrons. The van der Waals surface area contributed by atoms with E-state index in [1.165, 1.54) is 5.56 Å². The molecule has 0 aromatic heterocycles. The van der Waals surface area contributed by atoms with E-state index in [9.17, 15) is 5.11 Å². The first-order valence-corrected chi connectivity index (χ1v) is 7.82. The minimum Gasteiger partial charge on any atom is -0.475 e. The Morgan fingerprint density at radius 1 is 1.23 bits per heavy atom. The Morgan fingerprint density at radius 3 is 2.45 bits per heavy atom. The fourth-order valence-corrected chi connectivity index (χ4v) is 2.28. The molecule has 0 aliphatic carbocycles. The highest BCUT2D eigenvalue weighted by Crippen LogP contribution is 2.37. The maximum absolute atomic E-state index is 10.1. The summed E-state index contributed by atoms with van der Waals surface area (Å²) in [5, 5.41) is 10.1. The van der Waals surface area contributed by atoms with Gasteiger partial charge in [0.05, 0.1) is 11.2 Å². The van der Waals surface area contributed by atoms with E-state index >= 15 is 0 Å². The molecule has 3 atom stereocenters. The van der Waals surface area contributed by atoms with Gasteiger partial charge in [-0.2, -0.15) is 0 Å². The maximum Gasteiger partial charge on any atom is 0.331 e. The van der Waals surface area contributed by atoms with Crippen molar-refractivity contribution in [2.24, 2.45) is 11.7 Å². The van der Waals surface area contributed by atoms with Gasteiger partial charge in [0, 0.05) is 5.92 Å². The molecule has 0 bridgehead atoms. The summed E-state index contributed by atoms with van der Waals surface area (Å²) in [6.45, 7) is 11.5. The minimum atomic E-state index is -0.944. The third-order valence-electron chi connectivity index (χ3n) is 5.06. The van der Waals surface area contributed by atoms with Gasteiger partial charge in [-0.1, -0.05) is 26.0 Å². The second-order valence-corrected chi connectivity index (χ2v) is 7.33. The van der Waals surface area contributed by atoms with E-state index in [2.05, 4.69) is 19.9 Å². The molecule has 22 heavy (non-hydrogen) atoms. The summed E-state index contributed by atoms with van der Waals surface area (Å²) in [5.74, 6) is 1.46. The van der Waals surface area contributed by atoms with Gasteiger partial charge in [0.25, 0.3) is 0 Å². The Balaban J connectivity index is 2.14. The van der Waals surface area contributed by atoms with E-state index in [1.54, 1.807) is 21.3 Å². The molecule has 3 N–H and O–H groups in total. The lowest BCUT2D eigenvalue weighted by Crippen LogP contribution is -2.49. The molecule has 5 heteroatoms. The highest BCUT2D eigenvalue weighted by Gasteiger charge is 2.36. The monoisotopic (exact) mass is 304 g/mol. The SMILES string of the molecule is CC1c2ccc([B]OC(C)(C)C(C)(C)O)cc2OC(N)C1C. The van der Waals surface area contributed by atoms with Crippen LogP contribution in [-0.2, 0) is 4.65 Å². The predicted octanol–water partition coefficient (Wildman–Crippen LogP) is 1.91. The van der Waals surface area contributed by atoms with Crippen molar-refractivity contribution < 1.29 is 14.5 Å². The molecule has 1 aromatic rings. The van der Waals surface area contributed by atoms with Crippen LogP contribution in [0.2, 0.25) is 0 Å². The average molecular weight is 304 g/mol. The number of nitrogens with two attached hydrogens (primary N) is 1. The van der Waals surface area contributed by atoms with Gasteiger partial charge in [0.2, 0.25) is 0 Å². The van der Waals surface area contributed by atoms with Crippen molar-refractivity contribution >= 4 is 12.9 Å². The van der Waals surface area contributed by atoms with E-state index in [1.807, 2.05) is 26.0 Å². The van der Waals surface area contributed by atoms with Crippen LogP contribution in [0.4, 0.5) is 0 Å². The number of aliphatic hydroxyl groups is 1. The molecule has 1 aromatic carbocycles. The third kappa shape index (κ3) is 3.32. The van der Waals surface area contributed by atoms with Gasteiger partial charge >= 0.3 is 7.48 Å². The van der Waals surface area contributed by atoms with Gasteiger partial charge in [-0.15, -0.1) is 0 Å². The van der Waals surface area contributed by atoms with Crippen LogP contribution in [0.15, 0.2) is 18.2 Å². The zero-order valence-electron chi connectivity index (χ0n) is 14.4. The number of hydrogen-bond donors (Lipinski definition) is 2. The first kappa shape index (κ1) is 17.3. The lowest BCUT2D eigenvalue weighted by molar-refractivity contribution is -0.0893. The van der Waals surface area contributed by atoms with Crippen LogP contribution in [-0.4, -0.2) is 30.0 Å². The first-order chi connectivity index (χ1) is 10.0. The van der Waals surface area contributed by atoms with Gasteiger partial charge < -0.3 is 14.5 Å². The van der Waals surface area contributed by atoms with E-state index in [4.69, 9.17) is 15.1 Å². The average Bonchev–Trinajstić information content (AvgIpc) is 2.41. The smallest absolute Gasteiger partial charge is 0.331 e. The molecule has 1 radical (unpaired) electrons. The number of hydrogen-bond acceptors (Lipinski definition) is 4. The zero-order valence-corrected chi connectivity index (χ0v) is 14.4. The second kappa shape index (κ2) is 5.87. The van der Waals surface area contributed by atoms with Crippen molar-refractivity contribution in [3.63, 3.8) is 0 Å². The Kier molecular flexibility index (Phi) is 4.62. The van der Waals surface area contributed by atoms with Crippen LogP contribution >= 0.6 is 0 Å². The van der Waals surface area contributed by atoms with Crippen molar-refractivity contribution in [2.75, 3.05) is 0 Å². The van der Waals surface area contributed by atoms with Gasteiger partial charge in [-0.05, 0) is 50.7 Å². The fourth-order valence-electron chi connectivity index (χ4n) is 2.28. The summed E-state index contributed by atoms with van der Waals surface area (Å²) < 4.78 is 11.6. The largest absolute Gasteiger partial charge is 0.475 e.